The van der Waals surface area contributed by atoms with E-state index in [1.807, 2.05) is 31.2 Å². The summed E-state index contributed by atoms with van der Waals surface area (Å²) in [7, 11) is 0. The number of nitrogens with one attached hydrogen (secondary N) is 3. The molecule has 0 radical (unpaired) electrons. The first-order valence-electron chi connectivity index (χ1n) is 9.27. The minimum atomic E-state index is -3.06. The molecular weight excluding hydrogens is 410 g/mol. The van der Waals surface area contributed by atoms with Gasteiger partial charge in [-0.3, -0.25) is 4.90 Å². The number of nitrogens with zero attached hydrogens (tertiary/aromatic N) is 3. The quantitative estimate of drug-likeness (QED) is 0.669. The summed E-state index contributed by atoms with van der Waals surface area (Å²) in [5.41, 5.74) is 5.63. The third kappa shape index (κ3) is 3.13. The predicted octanol–water partition coefficient (Wildman–Crippen LogP) is 3.30. The standard InChI is InChI=1S/C20H16F2N6O3/c1-11-9-25-20(26-13-3-2-12(8-23)17(6-13)30-19(21)22)28(18(11)27-31-20)14-4-5-16-15(7-14)24-10-29-16/h2-7,9,19,24,26-27H,10H2,1H3. The van der Waals surface area contributed by atoms with Gasteiger partial charge in [-0.1, -0.05) is 0 Å². The third-order valence-electron chi connectivity index (χ3n) is 4.96. The van der Waals surface area contributed by atoms with Gasteiger partial charge in [0.05, 0.1) is 16.9 Å². The molecule has 3 aliphatic rings. The lowest BCUT2D eigenvalue weighted by Crippen LogP contribution is -2.51. The molecule has 2 bridgehead atoms. The first kappa shape index (κ1) is 19.0. The lowest BCUT2D eigenvalue weighted by Gasteiger charge is -2.36. The molecular formula is C20H16F2N6O3. The summed E-state index contributed by atoms with van der Waals surface area (Å²) in [5, 5.41) is 15.4. The van der Waals surface area contributed by atoms with Gasteiger partial charge in [-0.2, -0.15) is 14.0 Å². The number of nitriles is 1. The summed E-state index contributed by atoms with van der Waals surface area (Å²) in [6.45, 7) is -0.801. The number of benzene rings is 2. The fourth-order valence-electron chi connectivity index (χ4n) is 3.55. The van der Waals surface area contributed by atoms with Crippen LogP contribution in [-0.2, 0) is 4.84 Å². The van der Waals surface area contributed by atoms with Gasteiger partial charge < -0.3 is 20.1 Å². The molecule has 1 fully saturated rings. The van der Waals surface area contributed by atoms with Gasteiger partial charge in [0.15, 0.2) is 6.73 Å². The van der Waals surface area contributed by atoms with E-state index in [2.05, 4.69) is 25.8 Å². The molecule has 1 saturated heterocycles. The van der Waals surface area contributed by atoms with Crippen LogP contribution in [0.15, 0.2) is 52.8 Å². The maximum absolute atomic E-state index is 12.8. The Hall–Kier alpha value is -4.04. The predicted molar refractivity (Wildman–Crippen MR) is 108 cm³/mol. The van der Waals surface area contributed by atoms with Crippen LogP contribution in [0.25, 0.3) is 0 Å². The third-order valence-corrected chi connectivity index (χ3v) is 4.96. The summed E-state index contributed by atoms with van der Waals surface area (Å²) in [4.78, 5) is 12.1. The van der Waals surface area contributed by atoms with Crippen molar-refractivity contribution in [3.8, 4) is 17.6 Å². The van der Waals surface area contributed by atoms with Crippen molar-refractivity contribution in [1.29, 1.82) is 5.26 Å². The molecule has 0 amide bonds. The van der Waals surface area contributed by atoms with Gasteiger partial charge in [-0.05, 0) is 37.3 Å². The Morgan fingerprint density at radius 1 is 1.32 bits per heavy atom. The zero-order valence-electron chi connectivity index (χ0n) is 16.1. The van der Waals surface area contributed by atoms with Crippen molar-refractivity contribution < 1.29 is 23.1 Å². The molecule has 3 aliphatic heterocycles. The number of anilines is 3. The maximum Gasteiger partial charge on any atom is 0.387 e. The van der Waals surface area contributed by atoms with Gasteiger partial charge in [0.25, 0.3) is 0 Å². The number of rotatable bonds is 5. The van der Waals surface area contributed by atoms with Crippen LogP contribution in [0.5, 0.6) is 11.5 Å². The Labute approximate surface area is 175 Å². The molecule has 0 aliphatic carbocycles. The Balaban J connectivity index is 1.53. The minimum Gasteiger partial charge on any atom is -0.471 e. The fourth-order valence-corrected chi connectivity index (χ4v) is 3.55. The number of halogens is 2. The van der Waals surface area contributed by atoms with E-state index in [-0.39, 0.29) is 11.3 Å². The van der Waals surface area contributed by atoms with Gasteiger partial charge >= 0.3 is 12.6 Å². The highest BCUT2D eigenvalue weighted by molar-refractivity contribution is 5.85. The van der Waals surface area contributed by atoms with Gasteiger partial charge in [0.1, 0.15) is 23.4 Å². The van der Waals surface area contributed by atoms with E-state index in [1.54, 1.807) is 17.2 Å². The number of hydroxylamine groups is 1. The Morgan fingerprint density at radius 2 is 2.19 bits per heavy atom. The molecule has 158 valence electrons. The Bertz CT molecular complexity index is 1160. The van der Waals surface area contributed by atoms with Crippen molar-refractivity contribution in [1.82, 2.24) is 5.48 Å². The maximum atomic E-state index is 12.8. The monoisotopic (exact) mass is 426 g/mol. The van der Waals surface area contributed by atoms with Gasteiger partial charge in [-0.25, -0.2) is 15.3 Å². The molecule has 9 nitrogen and oxygen atoms in total. The normalized spacial score (nSPS) is 20.7. The molecule has 3 heterocycles. The van der Waals surface area contributed by atoms with E-state index in [0.29, 0.717) is 18.2 Å². The molecule has 0 spiro atoms. The summed E-state index contributed by atoms with van der Waals surface area (Å²) in [5.74, 6) is -0.279. The van der Waals surface area contributed by atoms with Crippen molar-refractivity contribution in [3.05, 3.63) is 53.4 Å². The molecule has 1 atom stereocenters. The second kappa shape index (κ2) is 7.03. The number of ether oxygens (including phenoxy) is 2. The zero-order chi connectivity index (χ0) is 21.6. The minimum absolute atomic E-state index is 0.0149. The van der Waals surface area contributed by atoms with E-state index in [1.165, 1.54) is 12.1 Å². The highest BCUT2D eigenvalue weighted by Gasteiger charge is 2.49. The van der Waals surface area contributed by atoms with Crippen LogP contribution >= 0.6 is 0 Å². The van der Waals surface area contributed by atoms with Crippen LogP contribution in [0.3, 0.4) is 0 Å². The number of fused-ring (bicyclic) bond motifs is 3. The second-order valence-electron chi connectivity index (χ2n) is 6.91. The Morgan fingerprint density at radius 3 is 3.00 bits per heavy atom. The fraction of sp³-hybridized carbons (Fsp3) is 0.200. The Kier molecular flexibility index (Phi) is 4.30. The van der Waals surface area contributed by atoms with Crippen LogP contribution in [0.4, 0.5) is 25.8 Å². The van der Waals surface area contributed by atoms with E-state index >= 15 is 0 Å². The van der Waals surface area contributed by atoms with Crippen LogP contribution in [0.2, 0.25) is 0 Å². The molecule has 0 saturated carbocycles. The highest BCUT2D eigenvalue weighted by Crippen LogP contribution is 2.42. The number of hydrogen-bond acceptors (Lipinski definition) is 9. The summed E-state index contributed by atoms with van der Waals surface area (Å²) in [6.07, 6.45) is 1.65. The van der Waals surface area contributed by atoms with Crippen LogP contribution in [0, 0.1) is 11.3 Å². The highest BCUT2D eigenvalue weighted by atomic mass is 19.3. The van der Waals surface area contributed by atoms with Crippen LogP contribution in [0.1, 0.15) is 12.5 Å². The van der Waals surface area contributed by atoms with E-state index in [0.717, 1.165) is 22.7 Å². The van der Waals surface area contributed by atoms with Crippen molar-refractivity contribution >= 4 is 23.3 Å². The van der Waals surface area contributed by atoms with Gasteiger partial charge in [-0.15, -0.1) is 0 Å². The number of aliphatic imine (C=N–C) groups is 1. The van der Waals surface area contributed by atoms with Crippen LogP contribution in [-0.4, -0.2) is 25.5 Å². The molecule has 31 heavy (non-hydrogen) atoms. The van der Waals surface area contributed by atoms with E-state index < -0.39 is 12.6 Å². The lowest BCUT2D eigenvalue weighted by molar-refractivity contribution is -0.0500. The number of allylic oxidation sites excluding steroid dienone is 1. The van der Waals surface area contributed by atoms with Crippen molar-refractivity contribution in [3.63, 3.8) is 0 Å². The van der Waals surface area contributed by atoms with E-state index in [9.17, 15) is 8.78 Å². The molecule has 5 rings (SSSR count). The molecule has 2 aromatic rings. The SMILES string of the molecule is CC1=C2NOC(Nc3ccc(C#N)c(OC(F)F)c3)(N=C1)N2c1ccc2c(c1)NCO2. The molecule has 0 aromatic heterocycles. The zero-order valence-corrected chi connectivity index (χ0v) is 16.1. The number of alkyl halides is 2. The molecule has 3 N–H and O–H groups in total. The van der Waals surface area contributed by atoms with Crippen LogP contribution < -0.4 is 30.5 Å². The average molecular weight is 426 g/mol. The number of hydrogen-bond donors (Lipinski definition) is 3. The first-order valence-corrected chi connectivity index (χ1v) is 9.27. The van der Waals surface area contributed by atoms with E-state index in [4.69, 9.17) is 14.8 Å². The largest absolute Gasteiger partial charge is 0.471 e. The van der Waals surface area contributed by atoms with Crippen molar-refractivity contribution in [2.75, 3.05) is 22.3 Å². The molecule has 1 unspecified atom stereocenters. The first-order chi connectivity index (χ1) is 15.0. The second-order valence-corrected chi connectivity index (χ2v) is 6.91. The summed E-state index contributed by atoms with van der Waals surface area (Å²) in [6, 6.07) is 11.7. The molecule has 2 aromatic carbocycles. The van der Waals surface area contributed by atoms with Crippen molar-refractivity contribution in [2.45, 2.75) is 19.5 Å². The lowest BCUT2D eigenvalue weighted by atomic mass is 10.1. The van der Waals surface area contributed by atoms with Gasteiger partial charge in [0.2, 0.25) is 0 Å². The van der Waals surface area contributed by atoms with Crippen molar-refractivity contribution in [2.24, 2.45) is 4.99 Å². The van der Waals surface area contributed by atoms with Gasteiger partial charge in [0, 0.05) is 23.5 Å². The summed E-state index contributed by atoms with van der Waals surface area (Å²) >= 11 is 0. The molecule has 11 heteroatoms. The summed E-state index contributed by atoms with van der Waals surface area (Å²) < 4.78 is 35.5. The topological polar surface area (TPSA) is 103 Å². The average Bonchev–Trinajstić information content (AvgIpc) is 3.32. The smallest absolute Gasteiger partial charge is 0.387 e.